The number of carbonyl (C=O) groups excluding carboxylic acids is 2. The zero-order chi connectivity index (χ0) is 25.4. The average Bonchev–Trinajstić information content (AvgIpc) is 2.84. The van der Waals surface area contributed by atoms with Crippen molar-refractivity contribution in [2.24, 2.45) is 11.7 Å². The minimum atomic E-state index is -3.93. The fourth-order valence-corrected chi connectivity index (χ4v) is 5.82. The van der Waals surface area contributed by atoms with Crippen molar-refractivity contribution in [3.05, 3.63) is 54.1 Å². The van der Waals surface area contributed by atoms with Gasteiger partial charge in [0.05, 0.1) is 5.69 Å². The van der Waals surface area contributed by atoms with E-state index < -0.39 is 16.1 Å². The fourth-order valence-electron chi connectivity index (χ4n) is 4.34. The maximum atomic E-state index is 13.6. The number of unbranched alkanes of at least 4 members (excludes halogenated alkanes) is 2. The SMILES string of the molecule is CCCCCC(=O)Nc1ccc(N2CCC(C(N)=O)CC2)c(S(=O)(=O)NC(C)c2ccccc2)c1. The van der Waals surface area contributed by atoms with Gasteiger partial charge in [0.25, 0.3) is 0 Å². The summed E-state index contributed by atoms with van der Waals surface area (Å²) in [4.78, 5) is 26.0. The fraction of sp³-hybridized carbons (Fsp3) is 0.462. The van der Waals surface area contributed by atoms with Crippen LogP contribution in [-0.2, 0) is 19.6 Å². The lowest BCUT2D eigenvalue weighted by Gasteiger charge is -2.33. The van der Waals surface area contributed by atoms with Crippen molar-refractivity contribution >= 4 is 33.2 Å². The minimum Gasteiger partial charge on any atom is -0.370 e. The van der Waals surface area contributed by atoms with Crippen LogP contribution in [0.15, 0.2) is 53.4 Å². The van der Waals surface area contributed by atoms with Gasteiger partial charge in [-0.3, -0.25) is 9.59 Å². The Hall–Kier alpha value is -2.91. The average molecular weight is 501 g/mol. The summed E-state index contributed by atoms with van der Waals surface area (Å²) in [7, 11) is -3.93. The second kappa shape index (κ2) is 12.2. The molecule has 1 fully saturated rings. The first kappa shape index (κ1) is 26.7. The van der Waals surface area contributed by atoms with E-state index in [4.69, 9.17) is 5.73 Å². The summed E-state index contributed by atoms with van der Waals surface area (Å²) in [5, 5.41) is 2.84. The zero-order valence-electron chi connectivity index (χ0n) is 20.5. The van der Waals surface area contributed by atoms with Gasteiger partial charge in [0.2, 0.25) is 21.8 Å². The second-order valence-electron chi connectivity index (χ2n) is 9.11. The van der Waals surface area contributed by atoms with Gasteiger partial charge < -0.3 is 16.0 Å². The molecular weight excluding hydrogens is 464 g/mol. The summed E-state index contributed by atoms with van der Waals surface area (Å²) in [5.41, 5.74) is 7.30. The van der Waals surface area contributed by atoms with E-state index in [1.54, 1.807) is 19.1 Å². The highest BCUT2D eigenvalue weighted by Crippen LogP contribution is 2.32. The third kappa shape index (κ3) is 7.29. The highest BCUT2D eigenvalue weighted by Gasteiger charge is 2.29. The maximum absolute atomic E-state index is 13.6. The van der Waals surface area contributed by atoms with Gasteiger partial charge >= 0.3 is 0 Å². The van der Waals surface area contributed by atoms with Crippen LogP contribution in [0.25, 0.3) is 0 Å². The first-order chi connectivity index (χ1) is 16.7. The molecule has 35 heavy (non-hydrogen) atoms. The van der Waals surface area contributed by atoms with Crippen LogP contribution in [0.2, 0.25) is 0 Å². The van der Waals surface area contributed by atoms with Crippen molar-refractivity contribution in [3.63, 3.8) is 0 Å². The van der Waals surface area contributed by atoms with Crippen LogP contribution in [0, 0.1) is 5.92 Å². The number of carbonyl (C=O) groups is 2. The van der Waals surface area contributed by atoms with Crippen LogP contribution in [0.3, 0.4) is 0 Å². The Bertz CT molecular complexity index is 1110. The molecule has 8 nitrogen and oxygen atoms in total. The minimum absolute atomic E-state index is 0.101. The van der Waals surface area contributed by atoms with E-state index in [1.165, 1.54) is 6.07 Å². The molecule has 1 aliphatic rings. The van der Waals surface area contributed by atoms with Gasteiger partial charge in [0.15, 0.2) is 0 Å². The van der Waals surface area contributed by atoms with E-state index in [9.17, 15) is 18.0 Å². The Kier molecular flexibility index (Phi) is 9.28. The molecule has 4 N–H and O–H groups in total. The molecule has 2 aromatic rings. The van der Waals surface area contributed by atoms with Crippen molar-refractivity contribution in [1.82, 2.24) is 4.72 Å². The number of piperidine rings is 1. The Labute approximate surface area is 208 Å². The molecule has 1 saturated heterocycles. The second-order valence-corrected chi connectivity index (χ2v) is 10.8. The Morgan fingerprint density at radius 3 is 2.40 bits per heavy atom. The van der Waals surface area contributed by atoms with Gasteiger partial charge in [-0.1, -0.05) is 50.1 Å². The zero-order valence-corrected chi connectivity index (χ0v) is 21.3. The molecule has 9 heteroatoms. The number of nitrogens with one attached hydrogen (secondary N) is 2. The highest BCUT2D eigenvalue weighted by atomic mass is 32.2. The molecule has 0 bridgehead atoms. The van der Waals surface area contributed by atoms with Gasteiger partial charge in [0.1, 0.15) is 4.90 Å². The summed E-state index contributed by atoms with van der Waals surface area (Å²) < 4.78 is 29.9. The summed E-state index contributed by atoms with van der Waals surface area (Å²) in [6.45, 7) is 4.91. The third-order valence-corrected chi connectivity index (χ3v) is 7.98. The molecule has 1 unspecified atom stereocenters. The topological polar surface area (TPSA) is 122 Å². The van der Waals surface area contributed by atoms with Crippen molar-refractivity contribution in [2.45, 2.75) is 63.3 Å². The molecule has 0 radical (unpaired) electrons. The number of primary amides is 1. The van der Waals surface area contributed by atoms with Crippen LogP contribution in [0.1, 0.15) is 64.0 Å². The quantitative estimate of drug-likeness (QED) is 0.403. The molecule has 2 amide bonds. The Morgan fingerprint density at radius 2 is 1.77 bits per heavy atom. The highest BCUT2D eigenvalue weighted by molar-refractivity contribution is 7.89. The van der Waals surface area contributed by atoms with E-state index in [1.807, 2.05) is 35.2 Å². The molecular formula is C26H36N4O4S. The monoisotopic (exact) mass is 500 g/mol. The number of nitrogens with two attached hydrogens (primary N) is 1. The number of rotatable bonds is 11. The van der Waals surface area contributed by atoms with E-state index in [0.717, 1.165) is 24.8 Å². The number of benzene rings is 2. The molecule has 0 aromatic heterocycles. The standard InChI is InChI=1S/C26H36N4O4S/c1-3-4-6-11-25(31)28-22-12-13-23(30-16-14-21(15-17-30)26(27)32)24(18-22)35(33,34)29-19(2)20-9-7-5-8-10-20/h5,7-10,12-13,18-19,21,29H,3-4,6,11,14-17H2,1-2H3,(H2,27,32)(H,28,31). The van der Waals surface area contributed by atoms with Crippen molar-refractivity contribution in [3.8, 4) is 0 Å². The number of hydrogen-bond acceptors (Lipinski definition) is 5. The lowest BCUT2D eigenvalue weighted by molar-refractivity contribution is -0.122. The maximum Gasteiger partial charge on any atom is 0.243 e. The van der Waals surface area contributed by atoms with Crippen LogP contribution in [0.4, 0.5) is 11.4 Å². The van der Waals surface area contributed by atoms with Gasteiger partial charge in [0, 0.05) is 37.2 Å². The molecule has 3 rings (SSSR count). The molecule has 1 aliphatic heterocycles. The number of sulfonamides is 1. The van der Waals surface area contributed by atoms with Crippen molar-refractivity contribution < 1.29 is 18.0 Å². The number of nitrogens with zero attached hydrogens (tertiary/aromatic N) is 1. The van der Waals surface area contributed by atoms with Gasteiger partial charge in [-0.05, 0) is 49.9 Å². The van der Waals surface area contributed by atoms with Crippen LogP contribution < -0.4 is 20.7 Å². The molecule has 1 atom stereocenters. The lowest BCUT2D eigenvalue weighted by Crippen LogP contribution is -2.39. The summed E-state index contributed by atoms with van der Waals surface area (Å²) in [6.07, 6.45) is 4.30. The van der Waals surface area contributed by atoms with Gasteiger partial charge in [-0.15, -0.1) is 0 Å². The molecule has 1 heterocycles. The number of anilines is 2. The molecule has 0 spiro atoms. The molecule has 190 valence electrons. The molecule has 0 aliphatic carbocycles. The molecule has 0 saturated carbocycles. The van der Waals surface area contributed by atoms with Gasteiger partial charge in [-0.25, -0.2) is 13.1 Å². The third-order valence-electron chi connectivity index (χ3n) is 6.41. The molecule has 2 aromatic carbocycles. The first-order valence-corrected chi connectivity index (χ1v) is 13.7. The van der Waals surface area contributed by atoms with Crippen LogP contribution >= 0.6 is 0 Å². The lowest BCUT2D eigenvalue weighted by atomic mass is 9.96. The van der Waals surface area contributed by atoms with E-state index >= 15 is 0 Å². The largest absolute Gasteiger partial charge is 0.370 e. The van der Waals surface area contributed by atoms with Crippen LogP contribution in [0.5, 0.6) is 0 Å². The summed E-state index contributed by atoms with van der Waals surface area (Å²) >= 11 is 0. The predicted molar refractivity (Wildman–Crippen MR) is 139 cm³/mol. The van der Waals surface area contributed by atoms with Crippen molar-refractivity contribution in [2.75, 3.05) is 23.3 Å². The predicted octanol–water partition coefficient (Wildman–Crippen LogP) is 3.95. The van der Waals surface area contributed by atoms with Crippen molar-refractivity contribution in [1.29, 1.82) is 0 Å². The summed E-state index contributed by atoms with van der Waals surface area (Å²) in [5.74, 6) is -0.663. The van der Waals surface area contributed by atoms with Gasteiger partial charge in [-0.2, -0.15) is 0 Å². The van der Waals surface area contributed by atoms with Crippen LogP contribution in [-0.4, -0.2) is 33.3 Å². The number of hydrogen-bond donors (Lipinski definition) is 3. The smallest absolute Gasteiger partial charge is 0.243 e. The first-order valence-electron chi connectivity index (χ1n) is 12.3. The Morgan fingerprint density at radius 1 is 1.09 bits per heavy atom. The van der Waals surface area contributed by atoms with E-state index in [-0.39, 0.29) is 22.6 Å². The Balaban J connectivity index is 1.88. The van der Waals surface area contributed by atoms with E-state index in [0.29, 0.717) is 43.7 Å². The normalized spacial score (nSPS) is 15.5. The van der Waals surface area contributed by atoms with E-state index in [2.05, 4.69) is 17.0 Å². The number of amides is 2. The summed E-state index contributed by atoms with van der Waals surface area (Å²) in [6, 6.07) is 13.9.